The largest absolute Gasteiger partial charge is 0.331 e. The molecule has 20 heavy (non-hydrogen) atoms. The van der Waals surface area contributed by atoms with Crippen LogP contribution in [0, 0.1) is 6.92 Å². The van der Waals surface area contributed by atoms with E-state index in [9.17, 15) is 0 Å². The number of benzene rings is 2. The highest BCUT2D eigenvalue weighted by atomic mass is 15.0. The number of nitrogens with zero attached hydrogens (tertiary/aromatic N) is 2. The van der Waals surface area contributed by atoms with Gasteiger partial charge in [0.15, 0.2) is 0 Å². The molecule has 0 aliphatic carbocycles. The number of hydrogen-bond donors (Lipinski definition) is 0. The first kappa shape index (κ1) is 12.7. The molecule has 100 valence electrons. The van der Waals surface area contributed by atoms with Crippen molar-refractivity contribution in [2.45, 2.75) is 20.4 Å². The smallest absolute Gasteiger partial charge is 0.0950 e. The molecule has 0 saturated heterocycles. The summed E-state index contributed by atoms with van der Waals surface area (Å²) in [7, 11) is 0. The second-order valence-electron chi connectivity index (χ2n) is 5.01. The first-order chi connectivity index (χ1) is 9.78. The molecule has 2 nitrogen and oxygen atoms in total. The van der Waals surface area contributed by atoms with Crippen LogP contribution in [0.3, 0.4) is 0 Å². The van der Waals surface area contributed by atoms with Crippen molar-refractivity contribution in [1.29, 1.82) is 0 Å². The highest BCUT2D eigenvalue weighted by Gasteiger charge is 2.04. The first-order valence-corrected chi connectivity index (χ1v) is 6.95. The molecule has 0 fully saturated rings. The van der Waals surface area contributed by atoms with E-state index in [4.69, 9.17) is 0 Å². The second kappa shape index (κ2) is 5.33. The van der Waals surface area contributed by atoms with Gasteiger partial charge in [-0.1, -0.05) is 54.1 Å². The van der Waals surface area contributed by atoms with Gasteiger partial charge in [0.2, 0.25) is 0 Å². The van der Waals surface area contributed by atoms with E-state index in [-0.39, 0.29) is 0 Å². The van der Waals surface area contributed by atoms with Crippen LogP contribution < -0.4 is 0 Å². The molecule has 2 heteroatoms. The molecular weight excluding hydrogens is 244 g/mol. The number of imidazole rings is 1. The van der Waals surface area contributed by atoms with Crippen LogP contribution in [-0.2, 0) is 6.54 Å². The fourth-order valence-electron chi connectivity index (χ4n) is 2.39. The molecule has 0 bridgehead atoms. The van der Waals surface area contributed by atoms with Gasteiger partial charge in [-0.05, 0) is 30.5 Å². The number of aryl methyl sites for hydroxylation is 2. The van der Waals surface area contributed by atoms with Crippen LogP contribution in [0.2, 0.25) is 0 Å². The summed E-state index contributed by atoms with van der Waals surface area (Å²) in [5, 5.41) is 0. The third kappa shape index (κ3) is 2.37. The minimum absolute atomic E-state index is 0.940. The summed E-state index contributed by atoms with van der Waals surface area (Å²) in [4.78, 5) is 4.22. The maximum absolute atomic E-state index is 4.22. The van der Waals surface area contributed by atoms with E-state index in [0.717, 1.165) is 6.54 Å². The van der Waals surface area contributed by atoms with E-state index in [1.54, 1.807) is 0 Å². The highest BCUT2D eigenvalue weighted by molar-refractivity contribution is 5.68. The minimum Gasteiger partial charge on any atom is -0.331 e. The summed E-state index contributed by atoms with van der Waals surface area (Å²) in [5.74, 6) is 0. The van der Waals surface area contributed by atoms with Crippen molar-refractivity contribution in [1.82, 2.24) is 9.55 Å². The van der Waals surface area contributed by atoms with Gasteiger partial charge in [-0.25, -0.2) is 4.98 Å². The summed E-state index contributed by atoms with van der Waals surface area (Å²) >= 11 is 0. The zero-order chi connectivity index (χ0) is 13.9. The number of hydrogen-bond acceptors (Lipinski definition) is 1. The van der Waals surface area contributed by atoms with Gasteiger partial charge in [0.1, 0.15) is 0 Å². The van der Waals surface area contributed by atoms with Gasteiger partial charge in [-0.15, -0.1) is 0 Å². The zero-order valence-electron chi connectivity index (χ0n) is 11.9. The van der Waals surface area contributed by atoms with Crippen molar-refractivity contribution < 1.29 is 0 Å². The van der Waals surface area contributed by atoms with Gasteiger partial charge in [0.25, 0.3) is 0 Å². The fraction of sp³-hybridized carbons (Fsp3) is 0.167. The Morgan fingerprint density at radius 1 is 0.850 bits per heavy atom. The molecule has 0 amide bonds. The molecule has 0 unspecified atom stereocenters. The monoisotopic (exact) mass is 262 g/mol. The topological polar surface area (TPSA) is 17.8 Å². The molecule has 3 rings (SSSR count). The van der Waals surface area contributed by atoms with E-state index in [1.165, 1.54) is 27.9 Å². The molecule has 2 aromatic carbocycles. The van der Waals surface area contributed by atoms with Crippen LogP contribution in [0.5, 0.6) is 0 Å². The van der Waals surface area contributed by atoms with E-state index in [0.29, 0.717) is 0 Å². The van der Waals surface area contributed by atoms with Gasteiger partial charge in [-0.2, -0.15) is 0 Å². The second-order valence-corrected chi connectivity index (χ2v) is 5.01. The van der Waals surface area contributed by atoms with Gasteiger partial charge >= 0.3 is 0 Å². The third-order valence-corrected chi connectivity index (χ3v) is 3.62. The number of aromatic nitrogens is 2. The van der Waals surface area contributed by atoms with Gasteiger partial charge in [0.05, 0.1) is 18.2 Å². The Hall–Kier alpha value is -2.35. The van der Waals surface area contributed by atoms with Gasteiger partial charge < -0.3 is 4.57 Å². The lowest BCUT2D eigenvalue weighted by Crippen LogP contribution is -1.94. The molecule has 0 aliphatic rings. The van der Waals surface area contributed by atoms with Gasteiger partial charge in [-0.3, -0.25) is 0 Å². The van der Waals surface area contributed by atoms with E-state index >= 15 is 0 Å². The SMILES string of the molecule is CCn1cncc1-c1ccc(-c2ccc(C)cc2)cc1. The van der Waals surface area contributed by atoms with Crippen LogP contribution in [0.25, 0.3) is 22.4 Å². The lowest BCUT2D eigenvalue weighted by Gasteiger charge is -2.07. The quantitative estimate of drug-likeness (QED) is 0.677. The molecule has 1 aromatic heterocycles. The summed E-state index contributed by atoms with van der Waals surface area (Å²) < 4.78 is 2.15. The van der Waals surface area contributed by atoms with Crippen molar-refractivity contribution in [2.24, 2.45) is 0 Å². The maximum Gasteiger partial charge on any atom is 0.0950 e. The predicted molar refractivity (Wildman–Crippen MR) is 83.5 cm³/mol. The Bertz CT molecular complexity index is 691. The Morgan fingerprint density at radius 2 is 1.40 bits per heavy atom. The van der Waals surface area contributed by atoms with Crippen LogP contribution in [0.15, 0.2) is 61.1 Å². The highest BCUT2D eigenvalue weighted by Crippen LogP contribution is 2.25. The fourth-order valence-corrected chi connectivity index (χ4v) is 2.39. The van der Waals surface area contributed by atoms with Crippen LogP contribution >= 0.6 is 0 Å². The molecule has 0 aliphatic heterocycles. The van der Waals surface area contributed by atoms with Crippen molar-refractivity contribution in [3.63, 3.8) is 0 Å². The van der Waals surface area contributed by atoms with Crippen molar-refractivity contribution >= 4 is 0 Å². The molecule has 0 N–H and O–H groups in total. The summed E-state index contributed by atoms with van der Waals surface area (Å²) in [6, 6.07) is 17.3. The lowest BCUT2D eigenvalue weighted by atomic mass is 10.0. The van der Waals surface area contributed by atoms with Crippen LogP contribution in [0.4, 0.5) is 0 Å². The molecule has 0 spiro atoms. The van der Waals surface area contributed by atoms with Gasteiger partial charge in [0, 0.05) is 6.54 Å². The Morgan fingerprint density at radius 3 is 2.00 bits per heavy atom. The first-order valence-electron chi connectivity index (χ1n) is 6.95. The van der Waals surface area contributed by atoms with Crippen molar-refractivity contribution in [3.05, 3.63) is 66.6 Å². The molecular formula is C18H18N2. The standard InChI is InChI=1S/C18H18N2/c1-3-20-13-19-12-18(20)17-10-8-16(9-11-17)15-6-4-14(2)5-7-15/h4-13H,3H2,1-2H3. The van der Waals surface area contributed by atoms with E-state index in [1.807, 2.05) is 12.5 Å². The van der Waals surface area contributed by atoms with Crippen molar-refractivity contribution in [2.75, 3.05) is 0 Å². The Balaban J connectivity index is 1.93. The average Bonchev–Trinajstić information content (AvgIpc) is 2.97. The molecule has 0 radical (unpaired) electrons. The molecule has 3 aromatic rings. The Kier molecular flexibility index (Phi) is 3.38. The summed E-state index contributed by atoms with van der Waals surface area (Å²) in [6.07, 6.45) is 3.80. The van der Waals surface area contributed by atoms with E-state index < -0.39 is 0 Å². The minimum atomic E-state index is 0.940. The predicted octanol–water partition coefficient (Wildman–Crippen LogP) is 4.55. The summed E-state index contributed by atoms with van der Waals surface area (Å²) in [5.41, 5.74) is 6.17. The molecule has 1 heterocycles. The normalized spacial score (nSPS) is 10.7. The molecule has 0 saturated carbocycles. The Labute approximate surface area is 119 Å². The van der Waals surface area contributed by atoms with Crippen molar-refractivity contribution in [3.8, 4) is 22.4 Å². The van der Waals surface area contributed by atoms with E-state index in [2.05, 4.69) is 71.9 Å². The summed E-state index contributed by atoms with van der Waals surface area (Å²) in [6.45, 7) is 5.18. The number of rotatable bonds is 3. The third-order valence-electron chi connectivity index (χ3n) is 3.62. The van der Waals surface area contributed by atoms with Crippen LogP contribution in [-0.4, -0.2) is 9.55 Å². The zero-order valence-corrected chi connectivity index (χ0v) is 11.9. The molecule has 0 atom stereocenters. The van der Waals surface area contributed by atoms with Crippen LogP contribution in [0.1, 0.15) is 12.5 Å². The lowest BCUT2D eigenvalue weighted by molar-refractivity contribution is 0.769. The maximum atomic E-state index is 4.22. The average molecular weight is 262 g/mol.